The molecule has 1 atom stereocenters. The molecule has 0 saturated carbocycles. The number of nitrogens with zero attached hydrogens (tertiary/aromatic N) is 1. The molecule has 0 bridgehead atoms. The monoisotopic (exact) mass is 344 g/mol. The number of ether oxygens (including phenoxy) is 1. The van der Waals surface area contributed by atoms with Crippen LogP contribution in [0.25, 0.3) is 0 Å². The van der Waals surface area contributed by atoms with Crippen LogP contribution in [0.5, 0.6) is 0 Å². The van der Waals surface area contributed by atoms with Gasteiger partial charge in [-0.2, -0.15) is 0 Å². The van der Waals surface area contributed by atoms with Crippen molar-refractivity contribution in [1.29, 1.82) is 0 Å². The summed E-state index contributed by atoms with van der Waals surface area (Å²) in [5.74, 6) is -0.689. The molecule has 1 rings (SSSR count). The average Bonchev–Trinajstić information content (AvgIpc) is 2.78. The number of alkyl halides is 2. The van der Waals surface area contributed by atoms with Crippen molar-refractivity contribution in [2.24, 2.45) is 0 Å². The lowest BCUT2D eigenvalue weighted by Crippen LogP contribution is -2.33. The first-order chi connectivity index (χ1) is 9.65. The summed E-state index contributed by atoms with van der Waals surface area (Å²) in [5, 5.41) is 2.46. The number of carbonyl (C=O) groups is 1. The molecule has 0 aromatic carbocycles. The third-order valence-electron chi connectivity index (χ3n) is 2.67. The fourth-order valence-corrected chi connectivity index (χ4v) is 2.28. The van der Waals surface area contributed by atoms with Crippen LogP contribution in [0, 0.1) is 0 Å². The van der Waals surface area contributed by atoms with Gasteiger partial charge in [0, 0.05) is 30.5 Å². The van der Waals surface area contributed by atoms with E-state index >= 15 is 0 Å². The standard InChI is InChI=1S/C11H15ClF2N2O4S/c1-7(20-2)4-15-11(17)9-3-8(21(12,18)19)5-16(9)6-10(13)14/h3,5,7,10H,4,6H2,1-2H3,(H,15,17). The van der Waals surface area contributed by atoms with Crippen molar-refractivity contribution in [1.82, 2.24) is 9.88 Å². The topological polar surface area (TPSA) is 77.4 Å². The first-order valence-corrected chi connectivity index (χ1v) is 8.20. The SMILES string of the molecule is COC(C)CNC(=O)c1cc(S(=O)(=O)Cl)cn1CC(F)F. The van der Waals surface area contributed by atoms with Gasteiger partial charge in [0.15, 0.2) is 0 Å². The van der Waals surface area contributed by atoms with Crippen molar-refractivity contribution in [2.45, 2.75) is 30.9 Å². The summed E-state index contributed by atoms with van der Waals surface area (Å²) in [6.07, 6.45) is -2.11. The Kier molecular flexibility index (Phi) is 6.11. The predicted molar refractivity (Wildman–Crippen MR) is 72.3 cm³/mol. The number of hydrogen-bond donors (Lipinski definition) is 1. The Bertz CT molecular complexity index is 603. The maximum absolute atomic E-state index is 12.5. The maximum Gasteiger partial charge on any atom is 0.268 e. The molecular weight excluding hydrogens is 330 g/mol. The second-order valence-corrected chi connectivity index (χ2v) is 6.86. The minimum Gasteiger partial charge on any atom is -0.380 e. The minimum atomic E-state index is -4.11. The highest BCUT2D eigenvalue weighted by Gasteiger charge is 2.21. The van der Waals surface area contributed by atoms with Gasteiger partial charge in [0.25, 0.3) is 21.4 Å². The summed E-state index contributed by atoms with van der Waals surface area (Å²) < 4.78 is 53.2. The van der Waals surface area contributed by atoms with Crippen LogP contribution in [0.15, 0.2) is 17.2 Å². The zero-order chi connectivity index (χ0) is 16.2. The molecule has 0 aliphatic rings. The number of aromatic nitrogens is 1. The third kappa shape index (κ3) is 5.25. The number of hydrogen-bond acceptors (Lipinski definition) is 4. The Morgan fingerprint density at radius 3 is 2.62 bits per heavy atom. The van der Waals surface area contributed by atoms with Gasteiger partial charge in [0.05, 0.1) is 12.6 Å². The molecule has 1 aromatic rings. The fourth-order valence-electron chi connectivity index (χ4n) is 1.52. The lowest BCUT2D eigenvalue weighted by atomic mass is 10.3. The number of carbonyl (C=O) groups excluding carboxylic acids is 1. The van der Waals surface area contributed by atoms with Crippen molar-refractivity contribution >= 4 is 25.6 Å². The molecule has 1 unspecified atom stereocenters. The molecule has 21 heavy (non-hydrogen) atoms. The smallest absolute Gasteiger partial charge is 0.268 e. The van der Waals surface area contributed by atoms with Gasteiger partial charge in [-0.25, -0.2) is 17.2 Å². The molecule has 10 heteroatoms. The second kappa shape index (κ2) is 7.19. The van der Waals surface area contributed by atoms with E-state index in [1.54, 1.807) is 6.92 Å². The van der Waals surface area contributed by atoms with Gasteiger partial charge in [-0.3, -0.25) is 4.79 Å². The number of nitrogens with one attached hydrogen (secondary N) is 1. The van der Waals surface area contributed by atoms with Crippen molar-refractivity contribution in [3.63, 3.8) is 0 Å². The van der Waals surface area contributed by atoms with Crippen LogP contribution < -0.4 is 5.32 Å². The molecule has 0 radical (unpaired) electrons. The van der Waals surface area contributed by atoms with Crippen LogP contribution >= 0.6 is 10.7 Å². The summed E-state index contributed by atoms with van der Waals surface area (Å²) >= 11 is 0. The lowest BCUT2D eigenvalue weighted by molar-refractivity contribution is 0.0852. The van der Waals surface area contributed by atoms with Gasteiger partial charge in [0.1, 0.15) is 10.6 Å². The molecule has 0 aliphatic carbocycles. The number of rotatable bonds is 7. The summed E-state index contributed by atoms with van der Waals surface area (Å²) in [4.78, 5) is 11.5. The highest BCUT2D eigenvalue weighted by molar-refractivity contribution is 8.13. The molecule has 1 amide bonds. The van der Waals surface area contributed by atoms with Gasteiger partial charge >= 0.3 is 0 Å². The van der Waals surface area contributed by atoms with Crippen LogP contribution in [0.1, 0.15) is 17.4 Å². The van der Waals surface area contributed by atoms with Gasteiger partial charge in [-0.15, -0.1) is 0 Å². The minimum absolute atomic E-state index is 0.151. The summed E-state index contributed by atoms with van der Waals surface area (Å²) in [5.41, 5.74) is -0.210. The van der Waals surface area contributed by atoms with Crippen LogP contribution in [0.3, 0.4) is 0 Å². The van der Waals surface area contributed by atoms with Crippen LogP contribution in [-0.4, -0.2) is 45.1 Å². The lowest BCUT2D eigenvalue weighted by Gasteiger charge is -2.12. The molecule has 120 valence electrons. The molecule has 0 fully saturated rings. The number of amides is 1. The van der Waals surface area contributed by atoms with E-state index in [9.17, 15) is 22.0 Å². The van der Waals surface area contributed by atoms with Gasteiger partial charge in [0.2, 0.25) is 0 Å². The Morgan fingerprint density at radius 1 is 1.52 bits per heavy atom. The van der Waals surface area contributed by atoms with Crippen molar-refractivity contribution in [3.05, 3.63) is 18.0 Å². The van der Waals surface area contributed by atoms with E-state index in [0.29, 0.717) is 0 Å². The van der Waals surface area contributed by atoms with Gasteiger partial charge in [-0.1, -0.05) is 0 Å². The Hall–Kier alpha value is -1.19. The highest BCUT2D eigenvalue weighted by Crippen LogP contribution is 2.19. The van der Waals surface area contributed by atoms with E-state index in [1.165, 1.54) is 7.11 Å². The van der Waals surface area contributed by atoms with E-state index < -0.39 is 32.8 Å². The van der Waals surface area contributed by atoms with Gasteiger partial charge < -0.3 is 14.6 Å². The first-order valence-electron chi connectivity index (χ1n) is 5.89. The maximum atomic E-state index is 12.5. The third-order valence-corrected chi connectivity index (χ3v) is 3.99. The first kappa shape index (κ1) is 17.9. The molecule has 6 nitrogen and oxygen atoms in total. The molecule has 1 heterocycles. The Balaban J connectivity index is 3.02. The van der Waals surface area contributed by atoms with Crippen LogP contribution in [0.2, 0.25) is 0 Å². The molecule has 1 N–H and O–H groups in total. The zero-order valence-corrected chi connectivity index (χ0v) is 12.9. The number of methoxy groups -OCH3 is 1. The molecule has 0 aliphatic heterocycles. The summed E-state index contributed by atoms with van der Waals surface area (Å²) in [7, 11) is 2.50. The van der Waals surface area contributed by atoms with Crippen molar-refractivity contribution in [3.8, 4) is 0 Å². The van der Waals surface area contributed by atoms with Crippen molar-refractivity contribution in [2.75, 3.05) is 13.7 Å². The quantitative estimate of drug-likeness (QED) is 0.759. The summed E-state index contributed by atoms with van der Waals surface area (Å²) in [6, 6.07) is 0.956. The zero-order valence-electron chi connectivity index (χ0n) is 11.3. The molecule has 0 saturated heterocycles. The molecule has 0 spiro atoms. The summed E-state index contributed by atoms with van der Waals surface area (Å²) in [6.45, 7) is 1.04. The van der Waals surface area contributed by atoms with E-state index in [0.717, 1.165) is 16.8 Å². The van der Waals surface area contributed by atoms with E-state index in [2.05, 4.69) is 5.32 Å². The van der Waals surface area contributed by atoms with E-state index in [4.69, 9.17) is 15.4 Å². The molecule has 1 aromatic heterocycles. The highest BCUT2D eigenvalue weighted by atomic mass is 35.7. The Labute approximate surface area is 125 Å². The van der Waals surface area contributed by atoms with Gasteiger partial charge in [-0.05, 0) is 13.0 Å². The molecular formula is C11H15ClF2N2O4S. The number of halogens is 3. The normalized spacial score (nSPS) is 13.4. The fraction of sp³-hybridized carbons (Fsp3) is 0.545. The van der Waals surface area contributed by atoms with E-state index in [-0.39, 0.29) is 18.3 Å². The predicted octanol–water partition coefficient (Wildman–Crippen LogP) is 1.45. The van der Waals surface area contributed by atoms with Crippen LogP contribution in [-0.2, 0) is 20.3 Å². The Morgan fingerprint density at radius 2 is 2.14 bits per heavy atom. The largest absolute Gasteiger partial charge is 0.380 e. The van der Waals surface area contributed by atoms with Crippen LogP contribution in [0.4, 0.5) is 8.78 Å². The van der Waals surface area contributed by atoms with Crippen molar-refractivity contribution < 1.29 is 26.7 Å². The van der Waals surface area contributed by atoms with E-state index in [1.807, 2.05) is 0 Å². The second-order valence-electron chi connectivity index (χ2n) is 4.30. The average molecular weight is 345 g/mol.